The van der Waals surface area contributed by atoms with E-state index in [4.69, 9.17) is 16.4 Å². The van der Waals surface area contributed by atoms with Crippen LogP contribution in [0.25, 0.3) is 16.7 Å². The van der Waals surface area contributed by atoms with Gasteiger partial charge in [0.15, 0.2) is 0 Å². The Bertz CT molecular complexity index is 951. The molecule has 2 N–H and O–H groups in total. The van der Waals surface area contributed by atoms with Crippen molar-refractivity contribution in [3.05, 3.63) is 64.6 Å². The fraction of sp³-hybridized carbons (Fsp3) is 0.286. The van der Waals surface area contributed by atoms with E-state index in [2.05, 4.69) is 5.32 Å². The van der Waals surface area contributed by atoms with Gasteiger partial charge < -0.3 is 15.3 Å². The number of aliphatic hydroxyl groups excluding tert-OH is 1. The zero-order chi connectivity index (χ0) is 19.9. The van der Waals surface area contributed by atoms with Crippen LogP contribution in [0, 0.1) is 5.82 Å². The molecule has 2 heterocycles. The quantitative estimate of drug-likeness (QED) is 0.816. The molecular formula is C21H20ClFN2O3. The van der Waals surface area contributed by atoms with E-state index in [0.29, 0.717) is 47.6 Å². The van der Waals surface area contributed by atoms with Crippen molar-refractivity contribution in [1.29, 1.82) is 0 Å². The molecule has 0 saturated carbocycles. The molecule has 2 aliphatic heterocycles. The van der Waals surface area contributed by atoms with E-state index in [0.717, 1.165) is 0 Å². The Morgan fingerprint density at radius 3 is 2.39 bits per heavy atom. The number of carbonyl (C=O) groups excluding carboxylic acids is 1. The highest BCUT2D eigenvalue weighted by Gasteiger charge is 2.47. The summed E-state index contributed by atoms with van der Waals surface area (Å²) in [5.74, 6) is -0.641. The first-order valence-electron chi connectivity index (χ1n) is 9.05. The Hall–Kier alpha value is -2.41. The molecular weight excluding hydrogens is 383 g/mol. The Kier molecular flexibility index (Phi) is 4.87. The highest BCUT2D eigenvalue weighted by Crippen LogP contribution is 2.39. The Morgan fingerprint density at radius 1 is 1.14 bits per heavy atom. The first kappa shape index (κ1) is 18.9. The lowest BCUT2D eigenvalue weighted by atomic mass is 9.86. The van der Waals surface area contributed by atoms with Gasteiger partial charge in [0.05, 0.1) is 12.7 Å². The van der Waals surface area contributed by atoms with Gasteiger partial charge in [-0.05, 0) is 42.2 Å². The van der Waals surface area contributed by atoms with Crippen LogP contribution in [-0.4, -0.2) is 41.8 Å². The molecule has 0 aliphatic carbocycles. The number of piperidine rings is 1. The van der Waals surface area contributed by atoms with Gasteiger partial charge in [-0.2, -0.15) is 5.06 Å². The zero-order valence-electron chi connectivity index (χ0n) is 15.3. The van der Waals surface area contributed by atoms with Crippen LogP contribution in [0.3, 0.4) is 0 Å². The summed E-state index contributed by atoms with van der Waals surface area (Å²) in [5.41, 5.74) is 1.21. The second kappa shape index (κ2) is 7.20. The lowest BCUT2D eigenvalue weighted by Gasteiger charge is -2.37. The average Bonchev–Trinajstić information content (AvgIpc) is 2.92. The van der Waals surface area contributed by atoms with Crippen LogP contribution >= 0.6 is 11.6 Å². The van der Waals surface area contributed by atoms with Gasteiger partial charge in [0.25, 0.3) is 5.91 Å². The average molecular weight is 403 g/mol. The van der Waals surface area contributed by atoms with E-state index in [-0.39, 0.29) is 17.2 Å². The van der Waals surface area contributed by atoms with E-state index >= 15 is 0 Å². The molecule has 2 aromatic carbocycles. The first-order chi connectivity index (χ1) is 13.4. The summed E-state index contributed by atoms with van der Waals surface area (Å²) in [6.07, 6.45) is 1.13. The monoisotopic (exact) mass is 402 g/mol. The number of hydroxylamine groups is 2. The summed E-state index contributed by atoms with van der Waals surface area (Å²) < 4.78 is 14.1. The number of benzene rings is 2. The van der Waals surface area contributed by atoms with Crippen molar-refractivity contribution in [1.82, 2.24) is 10.4 Å². The summed E-state index contributed by atoms with van der Waals surface area (Å²) in [5, 5.41) is 16.0. The van der Waals surface area contributed by atoms with Gasteiger partial charge >= 0.3 is 0 Å². The molecule has 0 unspecified atom stereocenters. The number of rotatable bonds is 3. The predicted octanol–water partition coefficient (Wildman–Crippen LogP) is 3.94. The molecule has 1 saturated heterocycles. The molecule has 1 fully saturated rings. The van der Waals surface area contributed by atoms with E-state index in [1.54, 1.807) is 48.6 Å². The van der Waals surface area contributed by atoms with Crippen LogP contribution in [-0.2, 0) is 9.63 Å². The van der Waals surface area contributed by atoms with E-state index in [9.17, 15) is 14.3 Å². The zero-order valence-corrected chi connectivity index (χ0v) is 16.1. The van der Waals surface area contributed by atoms with Crippen LogP contribution in [0.5, 0.6) is 0 Å². The number of hydrogen-bond donors (Lipinski definition) is 2. The number of hydrogen-bond acceptors (Lipinski definition) is 4. The summed E-state index contributed by atoms with van der Waals surface area (Å²) in [6, 6.07) is 11.4. The van der Waals surface area contributed by atoms with Crippen LogP contribution in [0.2, 0.25) is 5.02 Å². The molecule has 0 bridgehead atoms. The Balaban J connectivity index is 1.64. The molecule has 2 aliphatic rings. The molecule has 146 valence electrons. The van der Waals surface area contributed by atoms with Crippen molar-refractivity contribution in [2.45, 2.75) is 18.4 Å². The largest absolute Gasteiger partial charge is 0.509 e. The van der Waals surface area contributed by atoms with E-state index in [1.807, 2.05) is 0 Å². The molecule has 0 aromatic heterocycles. The maximum absolute atomic E-state index is 14.1. The minimum atomic E-state index is -0.748. The third kappa shape index (κ3) is 3.17. The second-order valence-corrected chi connectivity index (χ2v) is 7.51. The first-order valence-corrected chi connectivity index (χ1v) is 9.42. The standard InChI is InChI=1S/C21H20ClFN2O3/c1-28-25-10-8-21(9-11-25)19(26)18(20(27)24-21)14-4-2-13(3-5-14)16-7-6-15(22)12-17(16)23/h2-7,12,26H,8-11H2,1H3,(H,24,27). The van der Waals surface area contributed by atoms with Gasteiger partial charge in [0.2, 0.25) is 0 Å². The smallest absolute Gasteiger partial charge is 0.256 e. The highest BCUT2D eigenvalue weighted by molar-refractivity contribution is 6.30. The van der Waals surface area contributed by atoms with Crippen LogP contribution in [0.4, 0.5) is 4.39 Å². The van der Waals surface area contributed by atoms with Crippen LogP contribution < -0.4 is 5.32 Å². The molecule has 0 radical (unpaired) electrons. The van der Waals surface area contributed by atoms with Crippen molar-refractivity contribution < 1.29 is 19.1 Å². The van der Waals surface area contributed by atoms with Gasteiger partial charge in [0, 0.05) is 23.7 Å². The van der Waals surface area contributed by atoms with Crippen molar-refractivity contribution in [3.8, 4) is 11.1 Å². The Labute approximate surface area is 167 Å². The van der Waals surface area contributed by atoms with Crippen LogP contribution in [0.15, 0.2) is 48.2 Å². The Morgan fingerprint density at radius 2 is 1.79 bits per heavy atom. The maximum Gasteiger partial charge on any atom is 0.256 e. The van der Waals surface area contributed by atoms with E-state index in [1.165, 1.54) is 6.07 Å². The van der Waals surface area contributed by atoms with Gasteiger partial charge in [0.1, 0.15) is 17.1 Å². The third-order valence-corrected chi connectivity index (χ3v) is 5.75. The number of halogens is 2. The predicted molar refractivity (Wildman–Crippen MR) is 105 cm³/mol. The number of amides is 1. The van der Waals surface area contributed by atoms with Gasteiger partial charge in [-0.1, -0.05) is 35.9 Å². The fourth-order valence-electron chi connectivity index (χ4n) is 3.91. The third-order valence-electron chi connectivity index (χ3n) is 5.52. The summed E-state index contributed by atoms with van der Waals surface area (Å²) in [7, 11) is 1.61. The van der Waals surface area contributed by atoms with Gasteiger partial charge in [-0.25, -0.2) is 4.39 Å². The summed E-state index contributed by atoms with van der Waals surface area (Å²) in [4.78, 5) is 17.8. The molecule has 4 rings (SSSR count). The maximum atomic E-state index is 14.1. The minimum absolute atomic E-state index is 0.0682. The number of nitrogens with one attached hydrogen (secondary N) is 1. The molecule has 7 heteroatoms. The van der Waals surface area contributed by atoms with Crippen molar-refractivity contribution in [2.75, 3.05) is 20.2 Å². The number of nitrogens with zero attached hydrogens (tertiary/aromatic N) is 1. The number of carbonyl (C=O) groups is 1. The van der Waals surface area contributed by atoms with Gasteiger partial charge in [-0.15, -0.1) is 0 Å². The molecule has 5 nitrogen and oxygen atoms in total. The number of aliphatic hydroxyl groups is 1. The minimum Gasteiger partial charge on any atom is -0.509 e. The second-order valence-electron chi connectivity index (χ2n) is 7.07. The highest BCUT2D eigenvalue weighted by atomic mass is 35.5. The van der Waals surface area contributed by atoms with Crippen molar-refractivity contribution in [3.63, 3.8) is 0 Å². The SMILES string of the molecule is CON1CCC2(CC1)NC(=O)C(c1ccc(-c3ccc(Cl)cc3F)cc1)=C2O. The molecule has 28 heavy (non-hydrogen) atoms. The van der Waals surface area contributed by atoms with Crippen molar-refractivity contribution in [2.24, 2.45) is 0 Å². The molecule has 1 amide bonds. The molecule has 0 atom stereocenters. The molecule has 1 spiro atoms. The lowest BCUT2D eigenvalue weighted by molar-refractivity contribution is -0.152. The van der Waals surface area contributed by atoms with Gasteiger partial charge in [-0.3, -0.25) is 4.79 Å². The molecule has 2 aromatic rings. The van der Waals surface area contributed by atoms with Crippen LogP contribution in [0.1, 0.15) is 18.4 Å². The van der Waals surface area contributed by atoms with Crippen molar-refractivity contribution >= 4 is 23.1 Å². The summed E-state index contributed by atoms with van der Waals surface area (Å²) >= 11 is 5.81. The fourth-order valence-corrected chi connectivity index (χ4v) is 4.06. The lowest BCUT2D eigenvalue weighted by Crippen LogP contribution is -2.52. The topological polar surface area (TPSA) is 61.8 Å². The normalized spacial score (nSPS) is 19.3. The van der Waals surface area contributed by atoms with E-state index < -0.39 is 11.4 Å². The summed E-state index contributed by atoms with van der Waals surface area (Å²) in [6.45, 7) is 1.23.